The van der Waals surface area contributed by atoms with Crippen molar-refractivity contribution < 1.29 is 34.1 Å². The van der Waals surface area contributed by atoms with Gasteiger partial charge in [-0.25, -0.2) is 20.0 Å². The zero-order valence-corrected chi connectivity index (χ0v) is 15.4. The van der Waals surface area contributed by atoms with Crippen molar-refractivity contribution in [2.75, 3.05) is 52.6 Å². The van der Waals surface area contributed by atoms with Gasteiger partial charge in [-0.2, -0.15) is 0 Å². The quantitative estimate of drug-likeness (QED) is 0.587. The van der Waals surface area contributed by atoms with Crippen molar-refractivity contribution in [3.8, 4) is 0 Å². The molecule has 0 atom stereocenters. The molecular weight excluding hydrogens is 436 g/mol. The number of hydrogen-bond acceptors (Lipinski definition) is 8. The van der Waals surface area contributed by atoms with E-state index in [-0.39, 0.29) is 15.1 Å². The van der Waals surface area contributed by atoms with E-state index in [2.05, 4.69) is 20.0 Å². The van der Waals surface area contributed by atoms with Crippen molar-refractivity contribution >= 4 is 43.0 Å². The summed E-state index contributed by atoms with van der Waals surface area (Å²) in [5, 5.41) is 0. The minimum atomic E-state index is -0.346. The van der Waals surface area contributed by atoms with Crippen LogP contribution in [-0.4, -0.2) is 76.2 Å². The van der Waals surface area contributed by atoms with Crippen LogP contribution in [0.5, 0.6) is 0 Å². The van der Waals surface area contributed by atoms with Gasteiger partial charge in [0.15, 0.2) is 0 Å². The van der Waals surface area contributed by atoms with Gasteiger partial charge in [-0.05, 0) is 0 Å². The van der Waals surface area contributed by atoms with E-state index in [1.807, 2.05) is 0 Å². The Morgan fingerprint density at radius 3 is 0.913 bits per heavy atom. The van der Waals surface area contributed by atoms with Crippen LogP contribution < -0.4 is 0 Å². The van der Waals surface area contributed by atoms with Crippen molar-refractivity contribution in [1.29, 1.82) is 0 Å². The first-order chi connectivity index (χ1) is 11.3. The van der Waals surface area contributed by atoms with Crippen LogP contribution in [0.25, 0.3) is 0 Å². The van der Waals surface area contributed by atoms with Crippen molar-refractivity contribution in [3.05, 3.63) is 0 Å². The fourth-order valence-electron chi connectivity index (χ4n) is 1.86. The van der Waals surface area contributed by atoms with E-state index in [0.717, 1.165) is 26.2 Å². The molecule has 23 heavy (non-hydrogen) atoms. The molecule has 4 aliphatic heterocycles. The van der Waals surface area contributed by atoms with Gasteiger partial charge in [0.05, 0.1) is 26.2 Å². The summed E-state index contributed by atoms with van der Waals surface area (Å²) in [6.07, 6.45) is 0. The summed E-state index contributed by atoms with van der Waals surface area (Å²) in [5.74, 6) is 2.32. The summed E-state index contributed by atoms with van der Waals surface area (Å²) in [6, 6.07) is 0. The van der Waals surface area contributed by atoms with Crippen LogP contribution in [0, 0.1) is 0 Å². The van der Waals surface area contributed by atoms with Gasteiger partial charge in [0, 0.05) is 0 Å². The summed E-state index contributed by atoms with van der Waals surface area (Å²) >= 11 is -0.346. The van der Waals surface area contributed by atoms with Gasteiger partial charge < -0.3 is 18.9 Å². The molecule has 0 spiro atoms. The van der Waals surface area contributed by atoms with Crippen LogP contribution in [0.1, 0.15) is 0 Å². The molecule has 0 aliphatic carbocycles. The monoisotopic (exact) mass is 452 g/mol. The fourth-order valence-corrected chi connectivity index (χ4v) is 1.86. The van der Waals surface area contributed by atoms with Crippen LogP contribution in [0.4, 0.5) is 0 Å². The molecule has 0 radical (unpaired) electrons. The molecule has 4 heterocycles. The third-order valence-corrected chi connectivity index (χ3v) is 2.71. The summed E-state index contributed by atoms with van der Waals surface area (Å²) in [4.78, 5) is 16.2. The van der Waals surface area contributed by atoms with Crippen LogP contribution in [0.3, 0.4) is 0 Å². The molecule has 0 saturated carbocycles. The van der Waals surface area contributed by atoms with Gasteiger partial charge in [-0.1, -0.05) is 0 Å². The first kappa shape index (κ1) is 18.4. The van der Waals surface area contributed by atoms with Gasteiger partial charge >= 0.3 is 34.5 Å². The third kappa shape index (κ3) is 6.24. The fraction of sp³-hybridized carbons (Fsp3) is 0.667. The van der Waals surface area contributed by atoms with Crippen molar-refractivity contribution in [2.45, 2.75) is 0 Å². The normalized spacial score (nSPS) is 21.1. The Labute approximate surface area is 149 Å². The number of aliphatic imine (C=N–C) groups is 4. The minimum absolute atomic E-state index is 0.346. The second-order valence-corrected chi connectivity index (χ2v) is 6.83. The number of hydrogen-bond donors (Lipinski definition) is 0. The molecule has 4 rings (SSSR count). The topological polar surface area (TPSA) is 86.4 Å². The molecule has 0 aromatic heterocycles. The number of ether oxygens (including phenoxy) is 4. The van der Waals surface area contributed by atoms with E-state index in [1.165, 1.54) is 0 Å². The van der Waals surface area contributed by atoms with E-state index in [0.29, 0.717) is 50.0 Å². The molecule has 130 valence electrons. The Balaban J connectivity index is 0.000000143. The molecule has 0 N–H and O–H groups in total. The molecule has 11 heteroatoms. The average Bonchev–Trinajstić information content (AvgIpc) is 3.40. The predicted molar refractivity (Wildman–Crippen MR) is 84.7 cm³/mol. The van der Waals surface area contributed by atoms with Crippen LogP contribution in [-0.2, 0) is 34.1 Å². The molecule has 0 unspecified atom stereocenters. The second-order valence-electron chi connectivity index (χ2n) is 4.19. The molecule has 0 saturated heterocycles. The Bertz CT molecular complexity index is 425. The van der Waals surface area contributed by atoms with E-state index >= 15 is 0 Å². The first-order valence-corrected chi connectivity index (χ1v) is 11.4. The molecule has 0 bridgehead atoms. The van der Waals surface area contributed by atoms with Gasteiger partial charge in [-0.3, -0.25) is 0 Å². The summed E-state index contributed by atoms with van der Waals surface area (Å²) < 4.78 is 20.5. The van der Waals surface area contributed by atoms with E-state index < -0.39 is 0 Å². The van der Waals surface area contributed by atoms with Crippen LogP contribution in [0.2, 0.25) is 0 Å². The van der Waals surface area contributed by atoms with Gasteiger partial charge in [0.1, 0.15) is 26.4 Å². The third-order valence-electron chi connectivity index (χ3n) is 2.71. The molecule has 8 nitrogen and oxygen atoms in total. The molecule has 4 aliphatic rings. The summed E-state index contributed by atoms with van der Waals surface area (Å²) in [7, 11) is 9.71. The maximum absolute atomic E-state index is 5.13. The standard InChI is InChI=1S/2C6H8N2O2.2ClH.Ru/c2*1-3-9-5(7-1)6-8-2-4-10-6;;;/h2*1-4H2;2*1H;/q;;;;+2/p-2. The molecule has 0 aromatic rings. The number of nitrogens with zero attached hydrogens (tertiary/aromatic N) is 4. The number of halogens is 2. The Morgan fingerprint density at radius 2 is 0.783 bits per heavy atom. The zero-order chi connectivity index (χ0) is 16.3. The Morgan fingerprint density at radius 1 is 0.565 bits per heavy atom. The van der Waals surface area contributed by atoms with Crippen LogP contribution in [0.15, 0.2) is 20.0 Å². The summed E-state index contributed by atoms with van der Waals surface area (Å²) in [5.41, 5.74) is 0. The van der Waals surface area contributed by atoms with E-state index in [4.69, 9.17) is 38.3 Å². The molecule has 0 fully saturated rings. The van der Waals surface area contributed by atoms with Crippen molar-refractivity contribution in [1.82, 2.24) is 0 Å². The van der Waals surface area contributed by atoms with Crippen molar-refractivity contribution in [3.63, 3.8) is 0 Å². The molecule has 0 amide bonds. The molecule has 0 aromatic carbocycles. The predicted octanol–water partition coefficient (Wildman–Crippen LogP) is 1.06. The van der Waals surface area contributed by atoms with Gasteiger partial charge in [-0.15, -0.1) is 0 Å². The Kier molecular flexibility index (Phi) is 8.64. The number of rotatable bonds is 2. The maximum atomic E-state index is 5.13. The molecular formula is C12H16Cl2N4O4Ru. The van der Waals surface area contributed by atoms with E-state index in [1.54, 1.807) is 0 Å². The summed E-state index contributed by atoms with van der Waals surface area (Å²) in [6.45, 7) is 5.59. The van der Waals surface area contributed by atoms with Gasteiger partial charge in [0.25, 0.3) is 23.6 Å². The van der Waals surface area contributed by atoms with Gasteiger partial charge in [0.2, 0.25) is 0 Å². The SMILES string of the molecule is C1COC(C2=NCCO2)=N1.C1COC(C2=NCCO2)=N1.[Cl][Ru][Cl]. The van der Waals surface area contributed by atoms with Crippen LogP contribution >= 0.6 is 19.4 Å². The Hall–Kier alpha value is -0.917. The van der Waals surface area contributed by atoms with Crippen molar-refractivity contribution in [2.24, 2.45) is 20.0 Å². The zero-order valence-electron chi connectivity index (χ0n) is 12.2. The first-order valence-electron chi connectivity index (χ1n) is 6.90. The second kappa shape index (κ2) is 10.8. The average molecular weight is 452 g/mol. The van der Waals surface area contributed by atoms with E-state index in [9.17, 15) is 0 Å².